The molecule has 9 heteroatoms. The fourth-order valence-electron chi connectivity index (χ4n) is 3.44. The van der Waals surface area contributed by atoms with Crippen molar-refractivity contribution in [3.05, 3.63) is 93.0 Å². The molecular formula is C26H20Cl2N2O5. The zero-order valence-corrected chi connectivity index (χ0v) is 20.3. The number of nitrogens with zero attached hydrogens (tertiary/aromatic N) is 1. The van der Waals surface area contributed by atoms with Crippen LogP contribution in [-0.4, -0.2) is 25.0 Å². The third-order valence-corrected chi connectivity index (χ3v) is 5.88. The number of imide groups is 2. The van der Waals surface area contributed by atoms with Crippen molar-refractivity contribution in [2.75, 3.05) is 12.0 Å². The maximum absolute atomic E-state index is 13.1. The molecule has 1 saturated heterocycles. The van der Waals surface area contributed by atoms with E-state index in [-0.39, 0.29) is 12.2 Å². The predicted molar refractivity (Wildman–Crippen MR) is 134 cm³/mol. The summed E-state index contributed by atoms with van der Waals surface area (Å²) >= 11 is 12.1. The molecule has 0 saturated carbocycles. The van der Waals surface area contributed by atoms with Crippen LogP contribution in [0.3, 0.4) is 0 Å². The van der Waals surface area contributed by atoms with Crippen molar-refractivity contribution in [2.24, 2.45) is 0 Å². The number of ether oxygens (including phenoxy) is 2. The average Bonchev–Trinajstić information content (AvgIpc) is 2.82. The van der Waals surface area contributed by atoms with Crippen LogP contribution >= 0.6 is 23.2 Å². The number of barbiturate groups is 1. The lowest BCUT2D eigenvalue weighted by molar-refractivity contribution is -0.122. The summed E-state index contributed by atoms with van der Waals surface area (Å²) in [6.07, 6.45) is 1.40. The van der Waals surface area contributed by atoms with Crippen molar-refractivity contribution in [1.29, 1.82) is 0 Å². The molecule has 3 aromatic carbocycles. The standard InChI is InChI=1S/C26H20Cl2N2O5/c1-15-3-8-19(9-4-15)30-25(32)20(24(31)29-26(30)33)11-16-5-10-22(23(12-16)34-2)35-14-17-6-7-18(27)13-21(17)28/h3-13H,14H2,1-2H3,(H,29,31,33)/b20-11+. The van der Waals surface area contributed by atoms with Gasteiger partial charge in [-0.15, -0.1) is 0 Å². The maximum Gasteiger partial charge on any atom is 0.335 e. The van der Waals surface area contributed by atoms with Gasteiger partial charge < -0.3 is 9.47 Å². The second-order valence-corrected chi connectivity index (χ2v) is 8.57. The van der Waals surface area contributed by atoms with Gasteiger partial charge >= 0.3 is 6.03 Å². The Morgan fingerprint density at radius 2 is 1.69 bits per heavy atom. The van der Waals surface area contributed by atoms with Gasteiger partial charge in [0.1, 0.15) is 12.2 Å². The second kappa shape index (κ2) is 10.2. The first kappa shape index (κ1) is 24.3. The summed E-state index contributed by atoms with van der Waals surface area (Å²) in [7, 11) is 1.48. The lowest BCUT2D eigenvalue weighted by Crippen LogP contribution is -2.54. The summed E-state index contributed by atoms with van der Waals surface area (Å²) in [5, 5.41) is 3.22. The minimum Gasteiger partial charge on any atom is -0.493 e. The molecule has 35 heavy (non-hydrogen) atoms. The molecule has 1 N–H and O–H groups in total. The molecule has 1 fully saturated rings. The van der Waals surface area contributed by atoms with Crippen molar-refractivity contribution in [3.63, 3.8) is 0 Å². The van der Waals surface area contributed by atoms with Crippen LogP contribution in [0.4, 0.5) is 10.5 Å². The maximum atomic E-state index is 13.1. The Morgan fingerprint density at radius 1 is 0.943 bits per heavy atom. The van der Waals surface area contributed by atoms with Gasteiger partial charge in [0.25, 0.3) is 11.8 Å². The summed E-state index contributed by atoms with van der Waals surface area (Å²) in [6, 6.07) is 16.1. The van der Waals surface area contributed by atoms with E-state index in [2.05, 4.69) is 5.32 Å². The topological polar surface area (TPSA) is 84.9 Å². The molecule has 3 aromatic rings. The lowest BCUT2D eigenvalue weighted by atomic mass is 10.1. The van der Waals surface area contributed by atoms with E-state index >= 15 is 0 Å². The van der Waals surface area contributed by atoms with Crippen LogP contribution < -0.4 is 19.7 Å². The summed E-state index contributed by atoms with van der Waals surface area (Å²) in [6.45, 7) is 2.07. The van der Waals surface area contributed by atoms with Gasteiger partial charge in [-0.3, -0.25) is 14.9 Å². The Kier molecular flexibility index (Phi) is 7.10. The number of urea groups is 1. The molecule has 0 spiro atoms. The highest BCUT2D eigenvalue weighted by molar-refractivity contribution is 6.39. The first-order valence-corrected chi connectivity index (χ1v) is 11.3. The molecule has 0 bridgehead atoms. The number of hydrogen-bond donors (Lipinski definition) is 1. The van der Waals surface area contributed by atoms with Crippen LogP contribution in [0.2, 0.25) is 10.0 Å². The number of benzene rings is 3. The highest BCUT2D eigenvalue weighted by Crippen LogP contribution is 2.31. The van der Waals surface area contributed by atoms with Gasteiger partial charge in [0.15, 0.2) is 11.5 Å². The van der Waals surface area contributed by atoms with Gasteiger partial charge in [-0.25, -0.2) is 9.69 Å². The van der Waals surface area contributed by atoms with Crippen LogP contribution in [0, 0.1) is 6.92 Å². The van der Waals surface area contributed by atoms with Crippen LogP contribution in [-0.2, 0) is 16.2 Å². The van der Waals surface area contributed by atoms with Crippen molar-refractivity contribution in [2.45, 2.75) is 13.5 Å². The highest BCUT2D eigenvalue weighted by atomic mass is 35.5. The van der Waals surface area contributed by atoms with E-state index in [0.29, 0.717) is 32.8 Å². The van der Waals surface area contributed by atoms with Crippen molar-refractivity contribution in [3.8, 4) is 11.5 Å². The van der Waals surface area contributed by atoms with Gasteiger partial charge in [-0.05, 0) is 55.0 Å². The zero-order valence-electron chi connectivity index (χ0n) is 18.8. The van der Waals surface area contributed by atoms with E-state index in [1.165, 1.54) is 13.2 Å². The number of halogens is 2. The second-order valence-electron chi connectivity index (χ2n) is 7.73. The monoisotopic (exact) mass is 510 g/mol. The van der Waals surface area contributed by atoms with E-state index in [1.54, 1.807) is 60.7 Å². The van der Waals surface area contributed by atoms with Gasteiger partial charge in [-0.1, -0.05) is 53.0 Å². The SMILES string of the molecule is COc1cc(/C=C2\C(=O)NC(=O)N(c3ccc(C)cc3)C2=O)ccc1OCc1ccc(Cl)cc1Cl. The molecule has 0 unspecified atom stereocenters. The Morgan fingerprint density at radius 3 is 2.37 bits per heavy atom. The highest BCUT2D eigenvalue weighted by Gasteiger charge is 2.36. The number of amides is 4. The van der Waals surface area contributed by atoms with E-state index < -0.39 is 17.8 Å². The first-order valence-electron chi connectivity index (χ1n) is 10.5. The zero-order chi connectivity index (χ0) is 25.1. The summed E-state index contributed by atoms with van der Waals surface area (Å²) in [5.74, 6) is -0.671. The molecule has 178 valence electrons. The van der Waals surface area contributed by atoms with E-state index in [4.69, 9.17) is 32.7 Å². The minimum atomic E-state index is -0.803. The molecular weight excluding hydrogens is 491 g/mol. The fourth-order valence-corrected chi connectivity index (χ4v) is 3.90. The summed E-state index contributed by atoms with van der Waals surface area (Å²) in [4.78, 5) is 38.8. The first-order chi connectivity index (χ1) is 16.8. The van der Waals surface area contributed by atoms with Gasteiger partial charge in [0, 0.05) is 15.6 Å². The molecule has 1 aliphatic rings. The minimum absolute atomic E-state index is 0.182. The molecule has 1 heterocycles. The number of methoxy groups -OCH3 is 1. The number of rotatable bonds is 6. The molecule has 4 amide bonds. The van der Waals surface area contributed by atoms with Gasteiger partial charge in [-0.2, -0.15) is 0 Å². The number of carbonyl (C=O) groups excluding carboxylic acids is 3. The van der Waals surface area contributed by atoms with Crippen LogP contribution in [0.5, 0.6) is 11.5 Å². The smallest absolute Gasteiger partial charge is 0.335 e. The predicted octanol–water partition coefficient (Wildman–Crippen LogP) is 5.56. The number of hydrogen-bond acceptors (Lipinski definition) is 5. The van der Waals surface area contributed by atoms with E-state index in [9.17, 15) is 14.4 Å². The van der Waals surface area contributed by atoms with Gasteiger partial charge in [0.2, 0.25) is 0 Å². The molecule has 1 aliphatic heterocycles. The van der Waals surface area contributed by atoms with Crippen molar-refractivity contribution < 1.29 is 23.9 Å². The molecule has 0 atom stereocenters. The molecule has 0 aromatic heterocycles. The van der Waals surface area contributed by atoms with Crippen molar-refractivity contribution >= 4 is 52.8 Å². The Hall–Kier alpha value is -3.81. The van der Waals surface area contributed by atoms with Gasteiger partial charge in [0.05, 0.1) is 12.8 Å². The number of anilines is 1. The largest absolute Gasteiger partial charge is 0.493 e. The van der Waals surface area contributed by atoms with Crippen LogP contribution in [0.15, 0.2) is 66.2 Å². The Labute approximate surface area is 211 Å². The summed E-state index contributed by atoms with van der Waals surface area (Å²) in [5.41, 5.74) is 2.40. The molecule has 0 radical (unpaired) electrons. The number of aryl methyl sites for hydroxylation is 1. The number of nitrogens with one attached hydrogen (secondary N) is 1. The van der Waals surface area contributed by atoms with E-state index in [0.717, 1.165) is 16.0 Å². The lowest BCUT2D eigenvalue weighted by Gasteiger charge is -2.26. The third kappa shape index (κ3) is 5.31. The normalized spacial score (nSPS) is 14.8. The Balaban J connectivity index is 1.59. The van der Waals surface area contributed by atoms with Crippen molar-refractivity contribution in [1.82, 2.24) is 5.32 Å². The molecule has 7 nitrogen and oxygen atoms in total. The third-order valence-electron chi connectivity index (χ3n) is 5.29. The average molecular weight is 511 g/mol. The van der Waals surface area contributed by atoms with Crippen LogP contribution in [0.25, 0.3) is 6.08 Å². The molecule has 0 aliphatic carbocycles. The number of carbonyl (C=O) groups is 3. The Bertz CT molecular complexity index is 1350. The summed E-state index contributed by atoms with van der Waals surface area (Å²) < 4.78 is 11.3. The molecule has 4 rings (SSSR count). The van der Waals surface area contributed by atoms with Crippen LogP contribution in [0.1, 0.15) is 16.7 Å². The van der Waals surface area contributed by atoms with E-state index in [1.807, 2.05) is 6.92 Å². The fraction of sp³-hybridized carbons (Fsp3) is 0.115. The quantitative estimate of drug-likeness (QED) is 0.346.